The van der Waals surface area contributed by atoms with Crippen LogP contribution < -0.4 is 21.3 Å². The van der Waals surface area contributed by atoms with Crippen LogP contribution in [-0.4, -0.2) is 26.9 Å². The molecule has 0 saturated carbocycles. The third-order valence-corrected chi connectivity index (χ3v) is 2.53. The topological polar surface area (TPSA) is 103 Å². The standard InChI is InChI=1S/C11H17N7O/c1-7(2)18-5-4-8(17-18)15-10-9(19-3)11(16-12)14-6-13-10/h4-7H,12H2,1-3H3,(H2,13,14,15,16,17). The van der Waals surface area contributed by atoms with E-state index in [1.54, 1.807) is 0 Å². The molecule has 19 heavy (non-hydrogen) atoms. The van der Waals surface area contributed by atoms with Gasteiger partial charge in [0, 0.05) is 18.3 Å². The van der Waals surface area contributed by atoms with Crippen LogP contribution in [0, 0.1) is 0 Å². The Labute approximate surface area is 111 Å². The largest absolute Gasteiger partial charge is 0.490 e. The first-order chi connectivity index (χ1) is 9.15. The van der Waals surface area contributed by atoms with Crippen molar-refractivity contribution >= 4 is 17.5 Å². The predicted octanol–water partition coefficient (Wildman–Crippen LogP) is 1.29. The van der Waals surface area contributed by atoms with Gasteiger partial charge in [-0.05, 0) is 13.8 Å². The SMILES string of the molecule is COc1c(NN)ncnc1Nc1ccn(C(C)C)n1. The van der Waals surface area contributed by atoms with E-state index in [4.69, 9.17) is 10.6 Å². The first-order valence-electron chi connectivity index (χ1n) is 5.83. The van der Waals surface area contributed by atoms with E-state index in [0.717, 1.165) is 0 Å². The molecule has 2 aromatic heterocycles. The number of nitrogens with one attached hydrogen (secondary N) is 2. The van der Waals surface area contributed by atoms with Crippen molar-refractivity contribution in [2.45, 2.75) is 19.9 Å². The molecule has 0 amide bonds. The summed E-state index contributed by atoms with van der Waals surface area (Å²) >= 11 is 0. The average molecular weight is 263 g/mol. The van der Waals surface area contributed by atoms with Gasteiger partial charge in [-0.3, -0.25) is 4.68 Å². The first kappa shape index (κ1) is 13.1. The summed E-state index contributed by atoms with van der Waals surface area (Å²) in [5.74, 6) is 7.38. The second-order valence-electron chi connectivity index (χ2n) is 4.15. The van der Waals surface area contributed by atoms with E-state index in [1.165, 1.54) is 13.4 Å². The van der Waals surface area contributed by atoms with Crippen LogP contribution in [0.1, 0.15) is 19.9 Å². The van der Waals surface area contributed by atoms with E-state index in [9.17, 15) is 0 Å². The number of hydrogen-bond donors (Lipinski definition) is 3. The lowest BCUT2D eigenvalue weighted by Crippen LogP contribution is -2.11. The zero-order valence-corrected chi connectivity index (χ0v) is 11.1. The van der Waals surface area contributed by atoms with Crippen molar-refractivity contribution < 1.29 is 4.74 Å². The van der Waals surface area contributed by atoms with E-state index < -0.39 is 0 Å². The van der Waals surface area contributed by atoms with Crippen LogP contribution in [0.25, 0.3) is 0 Å². The van der Waals surface area contributed by atoms with Gasteiger partial charge < -0.3 is 15.5 Å². The maximum atomic E-state index is 5.36. The molecule has 0 saturated heterocycles. The zero-order chi connectivity index (χ0) is 13.8. The molecule has 0 aromatic carbocycles. The number of hydrogen-bond acceptors (Lipinski definition) is 7. The van der Waals surface area contributed by atoms with Crippen molar-refractivity contribution in [3.05, 3.63) is 18.6 Å². The summed E-state index contributed by atoms with van der Waals surface area (Å²) in [5, 5.41) is 7.44. The number of aromatic nitrogens is 4. The molecule has 102 valence electrons. The van der Waals surface area contributed by atoms with Crippen LogP contribution in [-0.2, 0) is 0 Å². The van der Waals surface area contributed by atoms with Gasteiger partial charge in [-0.2, -0.15) is 5.10 Å². The minimum absolute atomic E-state index is 0.295. The molecule has 0 spiro atoms. The Kier molecular flexibility index (Phi) is 3.81. The Bertz CT molecular complexity index is 552. The molecule has 2 rings (SSSR count). The van der Waals surface area contributed by atoms with Crippen LogP contribution in [0.3, 0.4) is 0 Å². The highest BCUT2D eigenvalue weighted by atomic mass is 16.5. The highest BCUT2D eigenvalue weighted by molar-refractivity contribution is 5.67. The monoisotopic (exact) mass is 263 g/mol. The van der Waals surface area contributed by atoms with E-state index in [1.807, 2.05) is 16.9 Å². The summed E-state index contributed by atoms with van der Waals surface area (Å²) < 4.78 is 7.07. The fraction of sp³-hybridized carbons (Fsp3) is 0.364. The van der Waals surface area contributed by atoms with Crippen molar-refractivity contribution in [3.63, 3.8) is 0 Å². The molecule has 8 nitrogen and oxygen atoms in total. The van der Waals surface area contributed by atoms with Gasteiger partial charge in [-0.25, -0.2) is 15.8 Å². The molecule has 2 aromatic rings. The molecule has 0 aliphatic heterocycles. The number of nitrogen functional groups attached to an aromatic ring is 1. The second kappa shape index (κ2) is 5.53. The molecule has 0 atom stereocenters. The summed E-state index contributed by atoms with van der Waals surface area (Å²) in [6.07, 6.45) is 3.28. The lowest BCUT2D eigenvalue weighted by Gasteiger charge is -2.11. The van der Waals surface area contributed by atoms with Gasteiger partial charge in [0.05, 0.1) is 7.11 Å². The highest BCUT2D eigenvalue weighted by Crippen LogP contribution is 2.30. The number of nitrogens with zero attached hydrogens (tertiary/aromatic N) is 4. The Morgan fingerprint density at radius 1 is 1.32 bits per heavy atom. The predicted molar refractivity (Wildman–Crippen MR) is 72.3 cm³/mol. The Hall–Kier alpha value is -2.35. The quantitative estimate of drug-likeness (QED) is 0.551. The maximum absolute atomic E-state index is 5.36. The third-order valence-electron chi connectivity index (χ3n) is 2.53. The normalized spacial score (nSPS) is 10.6. The molecule has 0 unspecified atom stereocenters. The van der Waals surface area contributed by atoms with Gasteiger partial charge in [-0.1, -0.05) is 0 Å². The number of rotatable bonds is 5. The minimum atomic E-state index is 0.295. The van der Waals surface area contributed by atoms with E-state index in [-0.39, 0.29) is 0 Å². The van der Waals surface area contributed by atoms with Crippen molar-refractivity contribution in [2.75, 3.05) is 17.9 Å². The van der Waals surface area contributed by atoms with Gasteiger partial charge in [0.1, 0.15) is 6.33 Å². The van der Waals surface area contributed by atoms with Crippen molar-refractivity contribution in [1.82, 2.24) is 19.7 Å². The Morgan fingerprint density at radius 2 is 2.05 bits per heavy atom. The molecular formula is C11H17N7O. The van der Waals surface area contributed by atoms with E-state index in [0.29, 0.717) is 29.2 Å². The number of methoxy groups -OCH3 is 1. The van der Waals surface area contributed by atoms with Crippen LogP contribution in [0.15, 0.2) is 18.6 Å². The van der Waals surface area contributed by atoms with E-state index in [2.05, 4.69) is 39.7 Å². The zero-order valence-electron chi connectivity index (χ0n) is 11.1. The molecular weight excluding hydrogens is 246 g/mol. The Balaban J connectivity index is 2.27. The minimum Gasteiger partial charge on any atom is -0.490 e. The highest BCUT2D eigenvalue weighted by Gasteiger charge is 2.12. The van der Waals surface area contributed by atoms with E-state index >= 15 is 0 Å². The average Bonchev–Trinajstić information content (AvgIpc) is 2.87. The lowest BCUT2D eigenvalue weighted by molar-refractivity contribution is 0.415. The summed E-state index contributed by atoms with van der Waals surface area (Å²) in [5.41, 5.74) is 2.45. The molecule has 0 fully saturated rings. The van der Waals surface area contributed by atoms with Gasteiger partial charge in [-0.15, -0.1) is 0 Å². The summed E-state index contributed by atoms with van der Waals surface area (Å²) in [6.45, 7) is 4.11. The van der Waals surface area contributed by atoms with Gasteiger partial charge in [0.15, 0.2) is 17.5 Å². The summed E-state index contributed by atoms with van der Waals surface area (Å²) in [7, 11) is 1.53. The van der Waals surface area contributed by atoms with Crippen LogP contribution >= 0.6 is 0 Å². The molecule has 0 radical (unpaired) electrons. The molecule has 0 aliphatic carbocycles. The Morgan fingerprint density at radius 3 is 2.63 bits per heavy atom. The van der Waals surface area contributed by atoms with Gasteiger partial charge in [0.25, 0.3) is 0 Å². The fourth-order valence-corrected chi connectivity index (χ4v) is 1.57. The molecule has 0 bridgehead atoms. The van der Waals surface area contributed by atoms with Crippen LogP contribution in [0.2, 0.25) is 0 Å². The number of anilines is 3. The fourth-order valence-electron chi connectivity index (χ4n) is 1.57. The molecule has 4 N–H and O–H groups in total. The number of ether oxygens (including phenoxy) is 1. The van der Waals surface area contributed by atoms with Crippen molar-refractivity contribution in [2.24, 2.45) is 5.84 Å². The second-order valence-corrected chi connectivity index (χ2v) is 4.15. The van der Waals surface area contributed by atoms with Crippen molar-refractivity contribution in [3.8, 4) is 5.75 Å². The summed E-state index contributed by atoms with van der Waals surface area (Å²) in [6, 6.07) is 2.15. The maximum Gasteiger partial charge on any atom is 0.205 e. The van der Waals surface area contributed by atoms with Crippen LogP contribution in [0.4, 0.5) is 17.5 Å². The smallest absolute Gasteiger partial charge is 0.205 e. The molecule has 0 aliphatic rings. The summed E-state index contributed by atoms with van der Waals surface area (Å²) in [4.78, 5) is 8.08. The number of hydrazine groups is 1. The number of nitrogens with two attached hydrogens (primary N) is 1. The van der Waals surface area contributed by atoms with Crippen LogP contribution in [0.5, 0.6) is 5.75 Å². The molecule has 2 heterocycles. The lowest BCUT2D eigenvalue weighted by atomic mass is 10.4. The van der Waals surface area contributed by atoms with Gasteiger partial charge in [0.2, 0.25) is 5.75 Å². The van der Waals surface area contributed by atoms with Crippen molar-refractivity contribution in [1.29, 1.82) is 0 Å². The van der Waals surface area contributed by atoms with Gasteiger partial charge >= 0.3 is 0 Å². The third kappa shape index (κ3) is 2.74. The molecule has 8 heteroatoms. The first-order valence-corrected chi connectivity index (χ1v) is 5.83.